The Balaban J connectivity index is 3.72. The normalized spacial score (nSPS) is 10.3. The molecule has 0 aliphatic carbocycles. The van der Waals surface area contributed by atoms with E-state index < -0.39 is 6.29 Å². The fourth-order valence-electron chi connectivity index (χ4n) is 0.588. The number of hydrogen-bond acceptors (Lipinski definition) is 3. The summed E-state index contributed by atoms with van der Waals surface area (Å²) in [6.07, 6.45) is -0.162. The lowest BCUT2D eigenvalue weighted by molar-refractivity contribution is -0.145. The van der Waals surface area contributed by atoms with E-state index in [9.17, 15) is 4.79 Å². The lowest BCUT2D eigenvalue weighted by Gasteiger charge is -2.15. The molecule has 0 unspecified atom stereocenters. The molecule has 0 rings (SSSR count). The first-order valence-electron chi connectivity index (χ1n) is 3.37. The minimum atomic E-state index is -0.426. The Morgan fingerprint density at radius 3 is 2.09 bits per heavy atom. The molecule has 1 amide bonds. The van der Waals surface area contributed by atoms with Crippen LogP contribution in [-0.4, -0.2) is 45.4 Å². The highest BCUT2D eigenvalue weighted by molar-refractivity contribution is 5.75. The van der Waals surface area contributed by atoms with Crippen LogP contribution in [0.25, 0.3) is 0 Å². The summed E-state index contributed by atoms with van der Waals surface area (Å²) in [7, 11) is 6.42. The Morgan fingerprint density at radius 2 is 1.82 bits per heavy atom. The summed E-state index contributed by atoms with van der Waals surface area (Å²) in [5.41, 5.74) is 0. The third-order valence-electron chi connectivity index (χ3n) is 1.37. The molecule has 0 aromatic heterocycles. The second-order valence-electron chi connectivity index (χ2n) is 2.39. The molecular formula is C7H15NO3. The quantitative estimate of drug-likeness (QED) is 0.548. The van der Waals surface area contributed by atoms with Gasteiger partial charge in [-0.05, 0) is 0 Å². The maximum absolute atomic E-state index is 11.0. The largest absolute Gasteiger partial charge is 0.355 e. The zero-order chi connectivity index (χ0) is 8.85. The molecule has 0 heterocycles. The van der Waals surface area contributed by atoms with Gasteiger partial charge in [0.2, 0.25) is 5.91 Å². The predicted octanol–water partition coefficient (Wildman–Crippen LogP) is 0.0836. The van der Waals surface area contributed by atoms with Gasteiger partial charge in [0.25, 0.3) is 0 Å². The number of carbonyl (C=O) groups excluding carboxylic acids is 1. The van der Waals surface area contributed by atoms with Crippen molar-refractivity contribution in [1.82, 2.24) is 4.90 Å². The van der Waals surface area contributed by atoms with Gasteiger partial charge < -0.3 is 14.4 Å². The molecule has 11 heavy (non-hydrogen) atoms. The molecule has 0 N–H and O–H groups in total. The second-order valence-corrected chi connectivity index (χ2v) is 2.39. The van der Waals surface area contributed by atoms with Crippen molar-refractivity contribution in [2.75, 3.05) is 28.3 Å². The third-order valence-corrected chi connectivity index (χ3v) is 1.37. The number of methoxy groups -OCH3 is 2. The van der Waals surface area contributed by atoms with Gasteiger partial charge in [0, 0.05) is 28.3 Å². The Labute approximate surface area is 67.1 Å². The van der Waals surface area contributed by atoms with Gasteiger partial charge in [0.1, 0.15) is 0 Å². The van der Waals surface area contributed by atoms with Crippen LogP contribution in [0.1, 0.15) is 6.42 Å². The molecule has 4 heteroatoms. The highest BCUT2D eigenvalue weighted by atomic mass is 16.7. The minimum Gasteiger partial charge on any atom is -0.355 e. The summed E-state index contributed by atoms with van der Waals surface area (Å²) in [6, 6.07) is 0. The maximum atomic E-state index is 11.0. The molecule has 0 aromatic rings. The van der Waals surface area contributed by atoms with Crippen LogP contribution in [0.3, 0.4) is 0 Å². The van der Waals surface area contributed by atoms with Crippen LogP contribution < -0.4 is 0 Å². The number of ether oxygens (including phenoxy) is 2. The van der Waals surface area contributed by atoms with Crippen molar-refractivity contribution < 1.29 is 14.3 Å². The van der Waals surface area contributed by atoms with E-state index in [1.165, 1.54) is 19.1 Å². The minimum absolute atomic E-state index is 0.00120. The van der Waals surface area contributed by atoms with E-state index in [2.05, 4.69) is 0 Å². The van der Waals surface area contributed by atoms with Crippen molar-refractivity contribution in [2.24, 2.45) is 0 Å². The topological polar surface area (TPSA) is 38.8 Å². The van der Waals surface area contributed by atoms with Crippen LogP contribution in [0.5, 0.6) is 0 Å². The highest BCUT2D eigenvalue weighted by Gasteiger charge is 2.12. The van der Waals surface area contributed by atoms with E-state index in [-0.39, 0.29) is 12.3 Å². The summed E-state index contributed by atoms with van der Waals surface area (Å²) < 4.78 is 9.70. The van der Waals surface area contributed by atoms with Crippen LogP contribution in [-0.2, 0) is 14.3 Å². The lowest BCUT2D eigenvalue weighted by Crippen LogP contribution is -2.28. The van der Waals surface area contributed by atoms with Crippen LogP contribution in [0.4, 0.5) is 0 Å². The molecular weight excluding hydrogens is 146 g/mol. The van der Waals surface area contributed by atoms with E-state index in [0.717, 1.165) is 0 Å². The van der Waals surface area contributed by atoms with Crippen LogP contribution in [0.2, 0.25) is 0 Å². The van der Waals surface area contributed by atoms with Gasteiger partial charge in [-0.25, -0.2) is 0 Å². The fourth-order valence-corrected chi connectivity index (χ4v) is 0.588. The van der Waals surface area contributed by atoms with Crippen LogP contribution in [0.15, 0.2) is 0 Å². The Morgan fingerprint density at radius 1 is 1.36 bits per heavy atom. The molecule has 0 fully saturated rings. The van der Waals surface area contributed by atoms with E-state index in [1.54, 1.807) is 14.1 Å². The van der Waals surface area contributed by atoms with Gasteiger partial charge in [-0.3, -0.25) is 4.79 Å². The number of hydrogen-bond donors (Lipinski definition) is 0. The number of amides is 1. The fraction of sp³-hybridized carbons (Fsp3) is 0.857. The standard InChI is InChI=1S/C7H15NO3/c1-8(2)6(9)5-7(10-3)11-4/h7H,5H2,1-4H3. The molecule has 66 valence electrons. The first-order valence-corrected chi connectivity index (χ1v) is 3.37. The average molecular weight is 161 g/mol. The van der Waals surface area contributed by atoms with E-state index in [0.29, 0.717) is 0 Å². The second kappa shape index (κ2) is 5.09. The van der Waals surface area contributed by atoms with Gasteiger partial charge in [-0.1, -0.05) is 0 Å². The summed E-state index contributed by atoms with van der Waals surface area (Å²) in [5.74, 6) is -0.00120. The van der Waals surface area contributed by atoms with E-state index >= 15 is 0 Å². The molecule has 0 bridgehead atoms. The molecule has 0 saturated heterocycles. The monoisotopic (exact) mass is 161 g/mol. The Bertz CT molecular complexity index is 121. The van der Waals surface area contributed by atoms with Crippen molar-refractivity contribution in [3.63, 3.8) is 0 Å². The molecule has 0 aromatic carbocycles. The van der Waals surface area contributed by atoms with Gasteiger partial charge >= 0.3 is 0 Å². The van der Waals surface area contributed by atoms with Crippen molar-refractivity contribution in [3.8, 4) is 0 Å². The molecule has 0 aliphatic rings. The number of rotatable bonds is 4. The predicted molar refractivity (Wildman–Crippen MR) is 41.1 cm³/mol. The van der Waals surface area contributed by atoms with Gasteiger partial charge in [0.15, 0.2) is 6.29 Å². The van der Waals surface area contributed by atoms with Gasteiger partial charge in [-0.2, -0.15) is 0 Å². The molecule has 0 saturated carbocycles. The zero-order valence-electron chi connectivity index (χ0n) is 7.46. The third kappa shape index (κ3) is 3.95. The summed E-state index contributed by atoms with van der Waals surface area (Å²) >= 11 is 0. The zero-order valence-corrected chi connectivity index (χ0v) is 7.46. The van der Waals surface area contributed by atoms with Crippen molar-refractivity contribution in [2.45, 2.75) is 12.7 Å². The summed E-state index contributed by atoms with van der Waals surface area (Å²) in [5, 5.41) is 0. The molecule has 4 nitrogen and oxygen atoms in total. The summed E-state index contributed by atoms with van der Waals surface area (Å²) in [4.78, 5) is 12.5. The molecule has 0 aliphatic heterocycles. The van der Waals surface area contributed by atoms with Crippen LogP contribution in [0, 0.1) is 0 Å². The Kier molecular flexibility index (Phi) is 4.81. The van der Waals surface area contributed by atoms with E-state index in [1.807, 2.05) is 0 Å². The SMILES string of the molecule is COC(CC(=O)N(C)C)OC. The number of carbonyl (C=O) groups is 1. The van der Waals surface area contributed by atoms with Gasteiger partial charge in [0.05, 0.1) is 6.42 Å². The van der Waals surface area contributed by atoms with Crippen molar-refractivity contribution >= 4 is 5.91 Å². The van der Waals surface area contributed by atoms with Gasteiger partial charge in [-0.15, -0.1) is 0 Å². The molecule has 0 spiro atoms. The number of nitrogens with zero attached hydrogens (tertiary/aromatic N) is 1. The van der Waals surface area contributed by atoms with E-state index in [4.69, 9.17) is 9.47 Å². The smallest absolute Gasteiger partial charge is 0.227 e. The van der Waals surface area contributed by atoms with Crippen molar-refractivity contribution in [1.29, 1.82) is 0 Å². The van der Waals surface area contributed by atoms with Crippen LogP contribution >= 0.6 is 0 Å². The summed E-state index contributed by atoms with van der Waals surface area (Å²) in [6.45, 7) is 0. The molecule has 0 atom stereocenters. The first-order chi connectivity index (χ1) is 5.11. The molecule has 0 radical (unpaired) electrons. The average Bonchev–Trinajstić information content (AvgIpc) is 1.99. The maximum Gasteiger partial charge on any atom is 0.227 e. The first kappa shape index (κ1) is 10.4. The highest BCUT2D eigenvalue weighted by Crippen LogP contribution is 1.99. The lowest BCUT2D eigenvalue weighted by atomic mass is 10.4. The Hall–Kier alpha value is -0.610. The van der Waals surface area contributed by atoms with Crippen molar-refractivity contribution in [3.05, 3.63) is 0 Å².